The Bertz CT molecular complexity index is 277. The van der Waals surface area contributed by atoms with Crippen molar-refractivity contribution in [3.05, 3.63) is 0 Å². The van der Waals surface area contributed by atoms with Crippen LogP contribution in [0, 0.1) is 5.92 Å². The predicted octanol–water partition coefficient (Wildman–Crippen LogP) is -0.0956. The third-order valence-corrected chi connectivity index (χ3v) is 4.06. The molecule has 2 heterocycles. The second kappa shape index (κ2) is 6.50. The van der Waals surface area contributed by atoms with E-state index in [-0.39, 0.29) is 12.0 Å². The molecule has 2 aliphatic heterocycles. The number of rotatable bonds is 3. The molecule has 2 N–H and O–H groups in total. The number of likely N-dealkylation sites (tertiary alicyclic amines) is 1. The first-order valence-electron chi connectivity index (χ1n) is 6.98. The summed E-state index contributed by atoms with van der Waals surface area (Å²) in [6.07, 6.45) is 2.46. The van der Waals surface area contributed by atoms with E-state index in [4.69, 9.17) is 10.5 Å². The maximum Gasteiger partial charge on any atom is 0.219 e. The third kappa shape index (κ3) is 3.67. The van der Waals surface area contributed by atoms with Crippen molar-refractivity contribution in [3.8, 4) is 0 Å². The fourth-order valence-electron chi connectivity index (χ4n) is 2.88. The number of morpholine rings is 1. The Morgan fingerprint density at radius 2 is 2.06 bits per heavy atom. The Hall–Kier alpha value is -0.650. The highest BCUT2D eigenvalue weighted by molar-refractivity contribution is 5.73. The Morgan fingerprint density at radius 3 is 2.67 bits per heavy atom. The van der Waals surface area contributed by atoms with E-state index < -0.39 is 0 Å². The van der Waals surface area contributed by atoms with Gasteiger partial charge in [-0.3, -0.25) is 9.69 Å². The maximum absolute atomic E-state index is 11.3. The molecular formula is C13H25N3O2. The van der Waals surface area contributed by atoms with Gasteiger partial charge in [-0.15, -0.1) is 0 Å². The second-order valence-electron chi connectivity index (χ2n) is 5.44. The fraction of sp³-hybridized carbons (Fsp3) is 0.923. The van der Waals surface area contributed by atoms with Crippen LogP contribution in [0.25, 0.3) is 0 Å². The van der Waals surface area contributed by atoms with Gasteiger partial charge >= 0.3 is 0 Å². The molecule has 1 unspecified atom stereocenters. The zero-order chi connectivity index (χ0) is 13.0. The van der Waals surface area contributed by atoms with Crippen LogP contribution in [0.15, 0.2) is 0 Å². The van der Waals surface area contributed by atoms with Gasteiger partial charge in [0, 0.05) is 46.2 Å². The van der Waals surface area contributed by atoms with E-state index in [1.807, 2.05) is 4.90 Å². The van der Waals surface area contributed by atoms with Crippen molar-refractivity contribution in [3.63, 3.8) is 0 Å². The number of hydrogen-bond acceptors (Lipinski definition) is 4. The van der Waals surface area contributed by atoms with Gasteiger partial charge in [0.2, 0.25) is 5.91 Å². The molecule has 18 heavy (non-hydrogen) atoms. The minimum atomic E-state index is 0.205. The van der Waals surface area contributed by atoms with Gasteiger partial charge in [0.05, 0.1) is 12.7 Å². The third-order valence-electron chi connectivity index (χ3n) is 4.06. The Balaban J connectivity index is 1.72. The molecule has 0 saturated carbocycles. The fourth-order valence-corrected chi connectivity index (χ4v) is 2.88. The minimum absolute atomic E-state index is 0.205. The van der Waals surface area contributed by atoms with Crippen LogP contribution in [-0.4, -0.2) is 67.7 Å². The average molecular weight is 255 g/mol. The molecule has 2 rings (SSSR count). The van der Waals surface area contributed by atoms with Gasteiger partial charge in [-0.2, -0.15) is 0 Å². The maximum atomic E-state index is 11.3. The van der Waals surface area contributed by atoms with Gasteiger partial charge in [0.25, 0.3) is 0 Å². The van der Waals surface area contributed by atoms with E-state index in [1.54, 1.807) is 6.92 Å². The molecule has 0 aromatic heterocycles. The average Bonchev–Trinajstić information content (AvgIpc) is 2.39. The topological polar surface area (TPSA) is 58.8 Å². The molecule has 0 bridgehead atoms. The summed E-state index contributed by atoms with van der Waals surface area (Å²) >= 11 is 0. The normalized spacial score (nSPS) is 27.4. The van der Waals surface area contributed by atoms with Crippen molar-refractivity contribution < 1.29 is 9.53 Å². The summed E-state index contributed by atoms with van der Waals surface area (Å²) in [5, 5.41) is 0. The highest BCUT2D eigenvalue weighted by atomic mass is 16.5. The van der Waals surface area contributed by atoms with Gasteiger partial charge in [0.1, 0.15) is 0 Å². The number of piperidine rings is 1. The Morgan fingerprint density at radius 1 is 1.33 bits per heavy atom. The first-order valence-corrected chi connectivity index (χ1v) is 6.98. The molecule has 1 amide bonds. The van der Waals surface area contributed by atoms with Crippen LogP contribution in [0.5, 0.6) is 0 Å². The van der Waals surface area contributed by atoms with Crippen LogP contribution in [-0.2, 0) is 9.53 Å². The second-order valence-corrected chi connectivity index (χ2v) is 5.44. The number of carbonyl (C=O) groups is 1. The number of ether oxygens (including phenoxy) is 1. The van der Waals surface area contributed by atoms with Crippen molar-refractivity contribution in [1.29, 1.82) is 0 Å². The first-order chi connectivity index (χ1) is 8.69. The van der Waals surface area contributed by atoms with Crippen LogP contribution in [0.1, 0.15) is 19.8 Å². The molecule has 2 saturated heterocycles. The van der Waals surface area contributed by atoms with Crippen molar-refractivity contribution in [2.45, 2.75) is 25.9 Å². The number of nitrogens with two attached hydrogens (primary N) is 1. The summed E-state index contributed by atoms with van der Waals surface area (Å²) in [6, 6.07) is 0. The lowest BCUT2D eigenvalue weighted by Crippen LogP contribution is -2.48. The Kier molecular flexibility index (Phi) is 4.97. The zero-order valence-electron chi connectivity index (χ0n) is 11.3. The molecule has 0 aromatic rings. The molecule has 104 valence electrons. The minimum Gasteiger partial charge on any atom is -0.374 e. The standard InChI is InChI=1S/C13H25N3O2/c1-11(17)16-4-2-12(3-5-16)9-15-6-7-18-13(8-14)10-15/h12-13H,2-10,14H2,1H3. The summed E-state index contributed by atoms with van der Waals surface area (Å²) < 4.78 is 5.58. The van der Waals surface area contributed by atoms with E-state index in [2.05, 4.69) is 4.90 Å². The molecule has 0 aliphatic carbocycles. The van der Waals surface area contributed by atoms with Gasteiger partial charge in [-0.1, -0.05) is 0 Å². The summed E-state index contributed by atoms with van der Waals surface area (Å²) in [6.45, 7) is 8.02. The molecule has 2 fully saturated rings. The molecule has 2 aliphatic rings. The summed E-state index contributed by atoms with van der Waals surface area (Å²) in [7, 11) is 0. The largest absolute Gasteiger partial charge is 0.374 e. The zero-order valence-corrected chi connectivity index (χ0v) is 11.3. The molecular weight excluding hydrogens is 230 g/mol. The molecule has 5 heteroatoms. The quantitative estimate of drug-likeness (QED) is 0.765. The van der Waals surface area contributed by atoms with Gasteiger partial charge in [-0.25, -0.2) is 0 Å². The summed E-state index contributed by atoms with van der Waals surface area (Å²) in [5.74, 6) is 0.931. The van der Waals surface area contributed by atoms with E-state index in [9.17, 15) is 4.79 Å². The lowest BCUT2D eigenvalue weighted by atomic mass is 9.96. The van der Waals surface area contributed by atoms with Crippen LogP contribution in [0.2, 0.25) is 0 Å². The van der Waals surface area contributed by atoms with Crippen molar-refractivity contribution >= 4 is 5.91 Å². The highest BCUT2D eigenvalue weighted by Gasteiger charge is 2.25. The summed E-state index contributed by atoms with van der Waals surface area (Å²) in [4.78, 5) is 15.7. The first kappa shape index (κ1) is 13.8. The predicted molar refractivity (Wildman–Crippen MR) is 70.2 cm³/mol. The van der Waals surface area contributed by atoms with Crippen LogP contribution >= 0.6 is 0 Å². The molecule has 0 spiro atoms. The van der Waals surface area contributed by atoms with E-state index in [1.165, 1.54) is 0 Å². The van der Waals surface area contributed by atoms with Crippen LogP contribution in [0.4, 0.5) is 0 Å². The molecule has 0 aromatic carbocycles. The van der Waals surface area contributed by atoms with E-state index in [0.29, 0.717) is 6.54 Å². The Labute approximate surface area is 109 Å². The van der Waals surface area contributed by atoms with Gasteiger partial charge in [0.15, 0.2) is 0 Å². The number of hydrogen-bond donors (Lipinski definition) is 1. The van der Waals surface area contributed by atoms with Gasteiger partial charge in [-0.05, 0) is 18.8 Å². The highest BCUT2D eigenvalue weighted by Crippen LogP contribution is 2.19. The smallest absolute Gasteiger partial charge is 0.219 e. The van der Waals surface area contributed by atoms with E-state index >= 15 is 0 Å². The summed E-state index contributed by atoms with van der Waals surface area (Å²) in [5.41, 5.74) is 5.65. The molecule has 0 radical (unpaired) electrons. The van der Waals surface area contributed by atoms with Crippen molar-refractivity contribution in [1.82, 2.24) is 9.80 Å². The number of carbonyl (C=O) groups excluding carboxylic acids is 1. The SMILES string of the molecule is CC(=O)N1CCC(CN2CCOC(CN)C2)CC1. The monoisotopic (exact) mass is 255 g/mol. The molecule has 1 atom stereocenters. The number of amides is 1. The van der Waals surface area contributed by atoms with Gasteiger partial charge < -0.3 is 15.4 Å². The van der Waals surface area contributed by atoms with Crippen LogP contribution < -0.4 is 5.73 Å². The van der Waals surface area contributed by atoms with Crippen LogP contribution in [0.3, 0.4) is 0 Å². The van der Waals surface area contributed by atoms with E-state index in [0.717, 1.165) is 58.1 Å². The lowest BCUT2D eigenvalue weighted by Gasteiger charge is -2.37. The van der Waals surface area contributed by atoms with Crippen molar-refractivity contribution in [2.24, 2.45) is 11.7 Å². The van der Waals surface area contributed by atoms with Crippen molar-refractivity contribution in [2.75, 3.05) is 45.9 Å². The molecule has 5 nitrogen and oxygen atoms in total. The lowest BCUT2D eigenvalue weighted by molar-refractivity contribution is -0.130. The number of nitrogens with zero attached hydrogens (tertiary/aromatic N) is 2.